The average Bonchev–Trinajstić information content (AvgIpc) is 2.36. The Hall–Kier alpha value is -1.75. The minimum absolute atomic E-state index is 0.0119. The Kier molecular flexibility index (Phi) is 5.45. The maximum absolute atomic E-state index is 11.7. The van der Waals surface area contributed by atoms with Gasteiger partial charge in [-0.15, -0.1) is 0 Å². The van der Waals surface area contributed by atoms with E-state index in [9.17, 15) is 4.79 Å². The third-order valence-electron chi connectivity index (χ3n) is 2.23. The predicted octanol–water partition coefficient (Wildman–Crippen LogP) is 2.07. The lowest BCUT2D eigenvalue weighted by Crippen LogP contribution is -2.21. The third kappa shape index (κ3) is 4.25. The zero-order valence-corrected chi connectivity index (χ0v) is 11.1. The molecule has 0 aliphatic heterocycles. The first-order chi connectivity index (χ1) is 8.56. The van der Waals surface area contributed by atoms with Crippen molar-refractivity contribution in [2.45, 2.75) is 20.0 Å². The first-order valence-corrected chi connectivity index (χ1v) is 5.70. The molecule has 0 bridgehead atoms. The second kappa shape index (κ2) is 6.86. The van der Waals surface area contributed by atoms with Crippen LogP contribution in [0.1, 0.15) is 13.8 Å². The Labute approximate surface area is 107 Å². The highest BCUT2D eigenvalue weighted by atomic mass is 16.5. The van der Waals surface area contributed by atoms with Gasteiger partial charge in [0, 0.05) is 6.07 Å². The van der Waals surface area contributed by atoms with Gasteiger partial charge in [0.25, 0.3) is 0 Å². The van der Waals surface area contributed by atoms with Gasteiger partial charge >= 0.3 is 0 Å². The molecular weight excluding hydrogens is 234 g/mol. The van der Waals surface area contributed by atoms with Gasteiger partial charge in [0.1, 0.15) is 18.1 Å². The highest BCUT2D eigenvalue weighted by Gasteiger charge is 2.09. The molecule has 5 heteroatoms. The number of hydrogen-bond acceptors (Lipinski definition) is 4. The number of carbonyl (C=O) groups excluding carboxylic acids is 1. The fourth-order valence-corrected chi connectivity index (χ4v) is 1.34. The van der Waals surface area contributed by atoms with Crippen LogP contribution in [0.15, 0.2) is 18.2 Å². The number of amides is 1. The molecule has 0 unspecified atom stereocenters. The zero-order chi connectivity index (χ0) is 13.5. The molecular formula is C13H19NO4. The van der Waals surface area contributed by atoms with Crippen molar-refractivity contribution in [3.63, 3.8) is 0 Å². The van der Waals surface area contributed by atoms with E-state index in [0.29, 0.717) is 17.2 Å². The Morgan fingerprint density at radius 2 is 2.00 bits per heavy atom. The molecule has 1 amide bonds. The van der Waals surface area contributed by atoms with Crippen LogP contribution in [0.25, 0.3) is 0 Å². The second-order valence-corrected chi connectivity index (χ2v) is 3.97. The maximum Gasteiger partial charge on any atom is 0.250 e. The molecule has 18 heavy (non-hydrogen) atoms. The van der Waals surface area contributed by atoms with Crippen molar-refractivity contribution in [1.29, 1.82) is 0 Å². The summed E-state index contributed by atoms with van der Waals surface area (Å²) in [6.45, 7) is 3.76. The molecule has 0 aromatic heterocycles. The Balaban J connectivity index is 2.72. The van der Waals surface area contributed by atoms with Crippen LogP contribution in [0.5, 0.6) is 11.5 Å². The Morgan fingerprint density at radius 3 is 2.56 bits per heavy atom. The summed E-state index contributed by atoms with van der Waals surface area (Å²) in [5, 5.41) is 2.72. The van der Waals surface area contributed by atoms with Gasteiger partial charge in [-0.3, -0.25) is 4.79 Å². The van der Waals surface area contributed by atoms with E-state index in [4.69, 9.17) is 14.2 Å². The third-order valence-corrected chi connectivity index (χ3v) is 2.23. The molecule has 0 heterocycles. The molecule has 0 saturated carbocycles. The number of anilines is 1. The smallest absolute Gasteiger partial charge is 0.250 e. The van der Waals surface area contributed by atoms with Gasteiger partial charge in [-0.25, -0.2) is 0 Å². The lowest BCUT2D eigenvalue weighted by atomic mass is 10.2. The molecule has 0 atom stereocenters. The van der Waals surface area contributed by atoms with Crippen molar-refractivity contribution in [2.75, 3.05) is 26.1 Å². The van der Waals surface area contributed by atoms with Crippen LogP contribution in [-0.4, -0.2) is 32.8 Å². The van der Waals surface area contributed by atoms with Gasteiger partial charge in [-0.05, 0) is 26.0 Å². The number of benzene rings is 1. The van der Waals surface area contributed by atoms with Gasteiger partial charge in [0.05, 0.1) is 26.0 Å². The first-order valence-electron chi connectivity index (χ1n) is 5.70. The van der Waals surface area contributed by atoms with Crippen LogP contribution in [0.3, 0.4) is 0 Å². The molecule has 5 nitrogen and oxygen atoms in total. The first kappa shape index (κ1) is 14.3. The van der Waals surface area contributed by atoms with E-state index in [1.807, 2.05) is 13.8 Å². The molecule has 0 aliphatic rings. The van der Waals surface area contributed by atoms with Crippen LogP contribution in [-0.2, 0) is 9.53 Å². The minimum Gasteiger partial charge on any atom is -0.497 e. The molecule has 1 N–H and O–H groups in total. The van der Waals surface area contributed by atoms with Gasteiger partial charge in [-0.2, -0.15) is 0 Å². The van der Waals surface area contributed by atoms with Crippen LogP contribution < -0.4 is 14.8 Å². The molecule has 100 valence electrons. The normalized spacial score (nSPS) is 10.3. The zero-order valence-electron chi connectivity index (χ0n) is 11.1. The largest absolute Gasteiger partial charge is 0.497 e. The molecule has 0 fully saturated rings. The standard InChI is InChI=1S/C13H19NO4/c1-9(2)18-8-13(15)14-11-7-10(16-3)5-6-12(11)17-4/h5-7,9H,8H2,1-4H3,(H,14,15). The van der Waals surface area contributed by atoms with Crippen molar-refractivity contribution < 1.29 is 19.0 Å². The summed E-state index contributed by atoms with van der Waals surface area (Å²) in [6.07, 6.45) is 0.0166. The fraction of sp³-hybridized carbons (Fsp3) is 0.462. The van der Waals surface area contributed by atoms with Crippen LogP contribution in [0.2, 0.25) is 0 Å². The van der Waals surface area contributed by atoms with Crippen molar-refractivity contribution in [3.05, 3.63) is 18.2 Å². The molecule has 0 aliphatic carbocycles. The van der Waals surface area contributed by atoms with Crippen molar-refractivity contribution in [1.82, 2.24) is 0 Å². The van der Waals surface area contributed by atoms with E-state index < -0.39 is 0 Å². The van der Waals surface area contributed by atoms with E-state index in [1.54, 1.807) is 32.4 Å². The maximum atomic E-state index is 11.7. The van der Waals surface area contributed by atoms with E-state index in [2.05, 4.69) is 5.32 Å². The summed E-state index contributed by atoms with van der Waals surface area (Å²) in [5.74, 6) is 1.000. The Morgan fingerprint density at radius 1 is 1.28 bits per heavy atom. The fourth-order valence-electron chi connectivity index (χ4n) is 1.34. The van der Waals surface area contributed by atoms with Crippen LogP contribution >= 0.6 is 0 Å². The number of ether oxygens (including phenoxy) is 3. The quantitative estimate of drug-likeness (QED) is 0.843. The van der Waals surface area contributed by atoms with E-state index in [1.165, 1.54) is 0 Å². The van der Waals surface area contributed by atoms with Crippen molar-refractivity contribution in [3.8, 4) is 11.5 Å². The van der Waals surface area contributed by atoms with Gasteiger partial charge in [-0.1, -0.05) is 0 Å². The number of hydrogen-bond donors (Lipinski definition) is 1. The summed E-state index contributed by atoms with van der Waals surface area (Å²) in [7, 11) is 3.11. The molecule has 0 saturated heterocycles. The monoisotopic (exact) mass is 253 g/mol. The summed E-state index contributed by atoms with van der Waals surface area (Å²) in [5.41, 5.74) is 0.564. The predicted molar refractivity (Wildman–Crippen MR) is 69.3 cm³/mol. The summed E-state index contributed by atoms with van der Waals surface area (Å²) in [4.78, 5) is 11.7. The van der Waals surface area contributed by atoms with Crippen LogP contribution in [0, 0.1) is 0 Å². The van der Waals surface area contributed by atoms with Gasteiger partial charge in [0.2, 0.25) is 5.91 Å². The minimum atomic E-state index is -0.227. The number of rotatable bonds is 6. The number of nitrogens with one attached hydrogen (secondary N) is 1. The Bertz CT molecular complexity index is 404. The number of methoxy groups -OCH3 is 2. The van der Waals surface area contributed by atoms with E-state index in [0.717, 1.165) is 0 Å². The van der Waals surface area contributed by atoms with Crippen LogP contribution in [0.4, 0.5) is 5.69 Å². The second-order valence-electron chi connectivity index (χ2n) is 3.97. The highest BCUT2D eigenvalue weighted by Crippen LogP contribution is 2.28. The van der Waals surface area contributed by atoms with Gasteiger partial charge in [0.15, 0.2) is 0 Å². The highest BCUT2D eigenvalue weighted by molar-refractivity contribution is 5.93. The lowest BCUT2D eigenvalue weighted by molar-refractivity contribution is -0.121. The molecule has 1 aromatic carbocycles. The molecule has 1 aromatic rings. The lowest BCUT2D eigenvalue weighted by Gasteiger charge is -2.12. The molecule has 1 rings (SSSR count). The molecule has 0 spiro atoms. The summed E-state index contributed by atoms with van der Waals surface area (Å²) in [6, 6.07) is 5.20. The van der Waals surface area contributed by atoms with E-state index in [-0.39, 0.29) is 18.6 Å². The number of carbonyl (C=O) groups is 1. The van der Waals surface area contributed by atoms with Crippen molar-refractivity contribution >= 4 is 11.6 Å². The molecule has 0 radical (unpaired) electrons. The summed E-state index contributed by atoms with van der Waals surface area (Å²) < 4.78 is 15.5. The SMILES string of the molecule is COc1ccc(OC)c(NC(=O)COC(C)C)c1. The van der Waals surface area contributed by atoms with Gasteiger partial charge < -0.3 is 19.5 Å². The van der Waals surface area contributed by atoms with E-state index >= 15 is 0 Å². The topological polar surface area (TPSA) is 56.8 Å². The van der Waals surface area contributed by atoms with Crippen molar-refractivity contribution in [2.24, 2.45) is 0 Å². The average molecular weight is 253 g/mol. The summed E-state index contributed by atoms with van der Waals surface area (Å²) >= 11 is 0.